The standard InChI is InChI=1S/C49H31NS/c1-3-15-32(16-4-1)34-27-35(33-17-5-2-6-18-33)29-36(28-34)50-45-25-13-9-21-39(45)40-30-44-48(31-46(40)50)51-47-26-14-12-24-43(47)49(44)41-22-10-7-19-37(41)38-20-8-11-23-42(38)49/h1-31H. The first-order chi connectivity index (χ1) is 25.3. The number of nitrogens with zero attached hydrogens (tertiary/aromatic N) is 1. The second-order valence-corrected chi connectivity index (χ2v) is 14.7. The Kier molecular flexibility index (Phi) is 6.17. The highest BCUT2D eigenvalue weighted by Gasteiger charge is 2.50. The molecule has 2 aliphatic rings. The summed E-state index contributed by atoms with van der Waals surface area (Å²) in [5.41, 5.74) is 16.1. The fourth-order valence-corrected chi connectivity index (χ4v) is 10.1. The minimum atomic E-state index is -0.407. The van der Waals surface area contributed by atoms with Crippen molar-refractivity contribution < 1.29 is 0 Å². The molecule has 1 nitrogen and oxygen atoms in total. The van der Waals surface area contributed by atoms with Crippen LogP contribution >= 0.6 is 11.8 Å². The summed E-state index contributed by atoms with van der Waals surface area (Å²) in [6.45, 7) is 0. The van der Waals surface area contributed by atoms with Gasteiger partial charge in [0.05, 0.1) is 16.4 Å². The van der Waals surface area contributed by atoms with Crippen LogP contribution in [0.25, 0.3) is 60.9 Å². The lowest BCUT2D eigenvalue weighted by molar-refractivity contribution is 0.724. The first-order valence-electron chi connectivity index (χ1n) is 17.6. The molecule has 238 valence electrons. The Bertz CT molecular complexity index is 2720. The summed E-state index contributed by atoms with van der Waals surface area (Å²) in [7, 11) is 0. The lowest BCUT2D eigenvalue weighted by atomic mass is 9.67. The molecule has 0 atom stereocenters. The van der Waals surface area contributed by atoms with E-state index in [1.807, 2.05) is 11.8 Å². The average Bonchev–Trinajstić information content (AvgIpc) is 3.68. The van der Waals surface area contributed by atoms with Gasteiger partial charge < -0.3 is 4.57 Å². The maximum absolute atomic E-state index is 2.53. The Balaban J connectivity index is 1.24. The molecule has 0 unspecified atom stereocenters. The minimum absolute atomic E-state index is 0.407. The largest absolute Gasteiger partial charge is 0.309 e. The van der Waals surface area contributed by atoms with E-state index in [1.54, 1.807) is 0 Å². The van der Waals surface area contributed by atoms with Gasteiger partial charge in [-0.2, -0.15) is 0 Å². The predicted molar refractivity (Wildman–Crippen MR) is 213 cm³/mol. The first kappa shape index (κ1) is 28.7. The SMILES string of the molecule is c1ccc(-c2cc(-c3ccccc3)cc(-n3c4ccccc4c4cc5c(cc43)Sc3ccccc3C53c4ccccc4-c4ccccc43)c2)cc1. The van der Waals surface area contributed by atoms with Crippen LogP contribution in [-0.2, 0) is 5.41 Å². The number of hydrogen-bond acceptors (Lipinski definition) is 1. The fraction of sp³-hybridized carbons (Fsp3) is 0.0204. The van der Waals surface area contributed by atoms with Crippen molar-refractivity contribution in [2.45, 2.75) is 15.2 Å². The van der Waals surface area contributed by atoms with Crippen LogP contribution in [0.3, 0.4) is 0 Å². The molecule has 8 aromatic carbocycles. The molecular formula is C49H31NS. The molecule has 0 saturated heterocycles. The second-order valence-electron chi connectivity index (χ2n) is 13.7. The Labute approximate surface area is 301 Å². The summed E-state index contributed by atoms with van der Waals surface area (Å²) in [5.74, 6) is 0. The monoisotopic (exact) mass is 665 g/mol. The van der Waals surface area contributed by atoms with E-state index in [4.69, 9.17) is 0 Å². The van der Waals surface area contributed by atoms with Crippen molar-refractivity contribution in [1.29, 1.82) is 0 Å². The number of benzene rings is 8. The molecule has 0 bridgehead atoms. The molecule has 51 heavy (non-hydrogen) atoms. The molecule has 0 saturated carbocycles. The van der Waals surface area contributed by atoms with Crippen LogP contribution in [0.5, 0.6) is 0 Å². The molecule has 0 fully saturated rings. The van der Waals surface area contributed by atoms with Crippen molar-refractivity contribution in [1.82, 2.24) is 4.57 Å². The summed E-state index contributed by atoms with van der Waals surface area (Å²) in [5, 5.41) is 2.54. The molecule has 1 aromatic heterocycles. The zero-order valence-electron chi connectivity index (χ0n) is 27.8. The number of para-hydroxylation sites is 1. The van der Waals surface area contributed by atoms with Crippen LogP contribution in [0.15, 0.2) is 198 Å². The van der Waals surface area contributed by atoms with Crippen molar-refractivity contribution in [2.24, 2.45) is 0 Å². The van der Waals surface area contributed by atoms with Gasteiger partial charge in [0.25, 0.3) is 0 Å². The summed E-state index contributed by atoms with van der Waals surface area (Å²) < 4.78 is 2.49. The third-order valence-electron chi connectivity index (χ3n) is 11.0. The highest BCUT2D eigenvalue weighted by Crippen LogP contribution is 2.62. The summed E-state index contributed by atoms with van der Waals surface area (Å²) in [4.78, 5) is 2.62. The quantitative estimate of drug-likeness (QED) is 0.182. The number of hydrogen-bond donors (Lipinski definition) is 0. The van der Waals surface area contributed by atoms with Gasteiger partial charge in [0, 0.05) is 26.3 Å². The third-order valence-corrected chi connectivity index (χ3v) is 12.2. The van der Waals surface area contributed by atoms with Gasteiger partial charge in [0.1, 0.15) is 0 Å². The van der Waals surface area contributed by atoms with Gasteiger partial charge in [-0.25, -0.2) is 0 Å². The molecule has 0 amide bonds. The summed E-state index contributed by atoms with van der Waals surface area (Å²) in [6.07, 6.45) is 0. The van der Waals surface area contributed by atoms with E-state index in [2.05, 4.69) is 193 Å². The molecule has 11 rings (SSSR count). The third kappa shape index (κ3) is 4.06. The highest BCUT2D eigenvalue weighted by molar-refractivity contribution is 7.99. The first-order valence-corrected chi connectivity index (χ1v) is 18.4. The second kappa shape index (κ2) is 11.0. The molecule has 2 heterocycles. The smallest absolute Gasteiger partial charge is 0.0735 e. The van der Waals surface area contributed by atoms with Gasteiger partial charge in [-0.05, 0) is 98.1 Å². The lowest BCUT2D eigenvalue weighted by Crippen LogP contribution is -2.31. The highest BCUT2D eigenvalue weighted by atomic mass is 32.2. The average molecular weight is 666 g/mol. The van der Waals surface area contributed by atoms with Gasteiger partial charge in [-0.15, -0.1) is 0 Å². The molecule has 2 heteroatoms. The van der Waals surface area contributed by atoms with Gasteiger partial charge in [-0.1, -0.05) is 157 Å². The van der Waals surface area contributed by atoms with Gasteiger partial charge in [0.2, 0.25) is 0 Å². The van der Waals surface area contributed by atoms with E-state index in [9.17, 15) is 0 Å². The Morgan fingerprint density at radius 2 is 0.902 bits per heavy atom. The van der Waals surface area contributed by atoms with Crippen LogP contribution < -0.4 is 0 Å². The number of aromatic nitrogens is 1. The Hall–Kier alpha value is -6.09. The van der Waals surface area contributed by atoms with Crippen LogP contribution in [0, 0.1) is 0 Å². The van der Waals surface area contributed by atoms with Crippen molar-refractivity contribution >= 4 is 33.6 Å². The topological polar surface area (TPSA) is 4.93 Å². The van der Waals surface area contributed by atoms with Crippen molar-refractivity contribution in [3.63, 3.8) is 0 Å². The van der Waals surface area contributed by atoms with Gasteiger partial charge >= 0.3 is 0 Å². The molecule has 1 aliphatic heterocycles. The van der Waals surface area contributed by atoms with E-state index in [-0.39, 0.29) is 0 Å². The van der Waals surface area contributed by atoms with E-state index < -0.39 is 5.41 Å². The Morgan fingerprint density at radius 3 is 1.57 bits per heavy atom. The molecule has 1 aliphatic carbocycles. The van der Waals surface area contributed by atoms with Gasteiger partial charge in [-0.3, -0.25) is 0 Å². The number of fused-ring (bicyclic) bond motifs is 12. The van der Waals surface area contributed by atoms with Crippen molar-refractivity contribution in [3.05, 3.63) is 210 Å². The van der Waals surface area contributed by atoms with Crippen LogP contribution in [0.4, 0.5) is 0 Å². The summed E-state index contributed by atoms with van der Waals surface area (Å²) in [6, 6.07) is 69.7. The molecule has 1 spiro atoms. The van der Waals surface area contributed by atoms with Gasteiger partial charge in [0.15, 0.2) is 0 Å². The maximum Gasteiger partial charge on any atom is 0.0735 e. The molecule has 0 radical (unpaired) electrons. The van der Waals surface area contributed by atoms with Crippen LogP contribution in [0.2, 0.25) is 0 Å². The van der Waals surface area contributed by atoms with Crippen molar-refractivity contribution in [2.75, 3.05) is 0 Å². The minimum Gasteiger partial charge on any atom is -0.309 e. The predicted octanol–water partition coefficient (Wildman–Crippen LogP) is 12.9. The zero-order chi connectivity index (χ0) is 33.5. The maximum atomic E-state index is 2.53. The van der Waals surface area contributed by atoms with Crippen molar-refractivity contribution in [3.8, 4) is 39.1 Å². The molecule has 0 N–H and O–H groups in total. The van der Waals surface area contributed by atoms with Crippen LogP contribution in [0.1, 0.15) is 22.3 Å². The van der Waals surface area contributed by atoms with E-state index in [0.717, 1.165) is 5.69 Å². The normalized spacial score (nSPS) is 13.6. The zero-order valence-corrected chi connectivity index (χ0v) is 28.6. The van der Waals surface area contributed by atoms with E-state index in [1.165, 1.54) is 87.2 Å². The lowest BCUT2D eigenvalue weighted by Gasteiger charge is -2.39. The van der Waals surface area contributed by atoms with Crippen LogP contribution in [-0.4, -0.2) is 4.57 Å². The van der Waals surface area contributed by atoms with E-state index >= 15 is 0 Å². The fourth-order valence-electron chi connectivity index (χ4n) is 8.93. The van der Waals surface area contributed by atoms with E-state index in [0.29, 0.717) is 0 Å². The Morgan fingerprint density at radius 1 is 0.353 bits per heavy atom. The molecule has 9 aromatic rings. The summed E-state index contributed by atoms with van der Waals surface area (Å²) >= 11 is 1.91. The number of rotatable bonds is 3. The molecular weight excluding hydrogens is 635 g/mol.